The number of aromatic nitrogens is 2. The van der Waals surface area contributed by atoms with Gasteiger partial charge < -0.3 is 5.32 Å². The summed E-state index contributed by atoms with van der Waals surface area (Å²) in [5, 5.41) is 3.33. The van der Waals surface area contributed by atoms with Crippen molar-refractivity contribution in [1.29, 1.82) is 0 Å². The van der Waals surface area contributed by atoms with Crippen LogP contribution in [0, 0.1) is 6.92 Å². The molecule has 0 bridgehead atoms. The predicted octanol–water partition coefficient (Wildman–Crippen LogP) is 2.96. The van der Waals surface area contributed by atoms with Gasteiger partial charge in [-0.15, -0.1) is 0 Å². The number of anilines is 1. The molecule has 17 heavy (non-hydrogen) atoms. The first-order valence-corrected chi connectivity index (χ1v) is 5.89. The zero-order valence-corrected chi connectivity index (χ0v) is 10.3. The first-order chi connectivity index (χ1) is 8.29. The fraction of sp³-hybridized carbons (Fsp3) is 0.286. The second-order valence-electron chi connectivity index (χ2n) is 4.01. The molecule has 0 unspecified atom stereocenters. The number of hydrogen-bond acceptors (Lipinski definition) is 3. The van der Waals surface area contributed by atoms with Crippen LogP contribution in [-0.2, 0) is 13.0 Å². The number of hydrogen-bond donors (Lipinski definition) is 1. The molecule has 1 aromatic heterocycles. The molecular weight excluding hydrogens is 210 g/mol. The van der Waals surface area contributed by atoms with E-state index >= 15 is 0 Å². The van der Waals surface area contributed by atoms with E-state index < -0.39 is 0 Å². The molecule has 1 heterocycles. The van der Waals surface area contributed by atoms with Gasteiger partial charge in [0.1, 0.15) is 5.82 Å². The van der Waals surface area contributed by atoms with Gasteiger partial charge in [0.05, 0.1) is 6.54 Å². The van der Waals surface area contributed by atoms with E-state index in [1.807, 2.05) is 6.07 Å². The van der Waals surface area contributed by atoms with Crippen molar-refractivity contribution in [1.82, 2.24) is 9.97 Å². The molecule has 3 nitrogen and oxygen atoms in total. The lowest BCUT2D eigenvalue weighted by Gasteiger charge is -2.08. The molecule has 0 aliphatic carbocycles. The fourth-order valence-electron chi connectivity index (χ4n) is 1.80. The molecule has 2 rings (SSSR count). The van der Waals surface area contributed by atoms with E-state index in [4.69, 9.17) is 0 Å². The van der Waals surface area contributed by atoms with Gasteiger partial charge in [0, 0.05) is 18.1 Å². The van der Waals surface area contributed by atoms with Crippen molar-refractivity contribution >= 4 is 5.69 Å². The molecule has 0 aliphatic heterocycles. The Labute approximate surface area is 102 Å². The van der Waals surface area contributed by atoms with Crippen LogP contribution in [0.1, 0.15) is 23.9 Å². The molecule has 0 fully saturated rings. The monoisotopic (exact) mass is 227 g/mol. The van der Waals surface area contributed by atoms with Crippen LogP contribution in [-0.4, -0.2) is 9.97 Å². The van der Waals surface area contributed by atoms with Gasteiger partial charge in [-0.25, -0.2) is 9.97 Å². The molecule has 0 spiro atoms. The van der Waals surface area contributed by atoms with Crippen LogP contribution in [0.25, 0.3) is 0 Å². The van der Waals surface area contributed by atoms with E-state index in [-0.39, 0.29) is 0 Å². The first kappa shape index (κ1) is 11.6. The summed E-state index contributed by atoms with van der Waals surface area (Å²) in [6.07, 6.45) is 4.60. The van der Waals surface area contributed by atoms with Crippen molar-refractivity contribution in [3.8, 4) is 0 Å². The summed E-state index contributed by atoms with van der Waals surface area (Å²) in [5.74, 6) is 0.810. The molecule has 0 atom stereocenters. The Hall–Kier alpha value is -1.90. The number of nitrogens with zero attached hydrogens (tertiary/aromatic N) is 2. The highest BCUT2D eigenvalue weighted by Crippen LogP contribution is 2.15. The Morgan fingerprint density at radius 2 is 1.94 bits per heavy atom. The largest absolute Gasteiger partial charge is 0.378 e. The average Bonchev–Trinajstić information content (AvgIpc) is 2.38. The number of rotatable bonds is 4. The van der Waals surface area contributed by atoms with Gasteiger partial charge in [-0.1, -0.05) is 13.0 Å². The summed E-state index contributed by atoms with van der Waals surface area (Å²) in [6, 6.07) is 8.27. The molecule has 88 valence electrons. The van der Waals surface area contributed by atoms with E-state index in [0.717, 1.165) is 17.9 Å². The molecule has 0 amide bonds. The number of benzene rings is 1. The fourth-order valence-corrected chi connectivity index (χ4v) is 1.80. The van der Waals surface area contributed by atoms with Crippen LogP contribution < -0.4 is 5.32 Å². The summed E-state index contributed by atoms with van der Waals surface area (Å²) < 4.78 is 0. The Bertz CT molecular complexity index is 480. The molecule has 0 saturated heterocycles. The van der Waals surface area contributed by atoms with Crippen molar-refractivity contribution in [2.24, 2.45) is 0 Å². The minimum atomic E-state index is 0.658. The van der Waals surface area contributed by atoms with Gasteiger partial charge in [-0.05, 0) is 42.7 Å². The third-order valence-corrected chi connectivity index (χ3v) is 2.79. The van der Waals surface area contributed by atoms with Crippen LogP contribution in [0.5, 0.6) is 0 Å². The summed E-state index contributed by atoms with van der Waals surface area (Å²) >= 11 is 0. The maximum atomic E-state index is 4.18. The minimum absolute atomic E-state index is 0.658. The predicted molar refractivity (Wildman–Crippen MR) is 69.9 cm³/mol. The van der Waals surface area contributed by atoms with Gasteiger partial charge in [0.2, 0.25) is 0 Å². The van der Waals surface area contributed by atoms with E-state index in [2.05, 4.69) is 47.3 Å². The lowest BCUT2D eigenvalue weighted by Crippen LogP contribution is -2.03. The van der Waals surface area contributed by atoms with Crippen LogP contribution in [0.2, 0.25) is 0 Å². The van der Waals surface area contributed by atoms with Gasteiger partial charge in [-0.2, -0.15) is 0 Å². The minimum Gasteiger partial charge on any atom is -0.378 e. The molecule has 2 aromatic rings. The Morgan fingerprint density at radius 1 is 1.18 bits per heavy atom. The molecular formula is C14H17N3. The van der Waals surface area contributed by atoms with Crippen LogP contribution in [0.4, 0.5) is 5.69 Å². The van der Waals surface area contributed by atoms with Crippen molar-refractivity contribution < 1.29 is 0 Å². The summed E-state index contributed by atoms with van der Waals surface area (Å²) in [7, 11) is 0. The van der Waals surface area contributed by atoms with E-state index in [9.17, 15) is 0 Å². The van der Waals surface area contributed by atoms with Crippen molar-refractivity contribution in [2.45, 2.75) is 26.8 Å². The van der Waals surface area contributed by atoms with Crippen LogP contribution in [0.15, 0.2) is 36.7 Å². The van der Waals surface area contributed by atoms with Gasteiger partial charge in [0.15, 0.2) is 0 Å². The van der Waals surface area contributed by atoms with Gasteiger partial charge in [-0.3, -0.25) is 0 Å². The standard InChI is InChI=1S/C14H17N3/c1-3-12-5-6-13(9-11(12)2)17-10-14-15-7-4-8-16-14/h4-9,17H,3,10H2,1-2H3. The zero-order chi connectivity index (χ0) is 12.1. The summed E-state index contributed by atoms with van der Waals surface area (Å²) in [4.78, 5) is 8.35. The van der Waals surface area contributed by atoms with Gasteiger partial charge in [0.25, 0.3) is 0 Å². The highest BCUT2D eigenvalue weighted by molar-refractivity contribution is 5.48. The second-order valence-corrected chi connectivity index (χ2v) is 4.01. The van der Waals surface area contributed by atoms with Crippen LogP contribution in [0.3, 0.4) is 0 Å². The van der Waals surface area contributed by atoms with Crippen LogP contribution >= 0.6 is 0 Å². The lowest BCUT2D eigenvalue weighted by atomic mass is 10.1. The smallest absolute Gasteiger partial charge is 0.147 e. The van der Waals surface area contributed by atoms with Gasteiger partial charge >= 0.3 is 0 Å². The quantitative estimate of drug-likeness (QED) is 0.872. The Kier molecular flexibility index (Phi) is 3.70. The first-order valence-electron chi connectivity index (χ1n) is 5.89. The maximum Gasteiger partial charge on any atom is 0.147 e. The number of nitrogens with one attached hydrogen (secondary N) is 1. The van der Waals surface area contributed by atoms with E-state index in [0.29, 0.717) is 6.54 Å². The van der Waals surface area contributed by atoms with E-state index in [1.165, 1.54) is 11.1 Å². The molecule has 0 aliphatic rings. The summed E-state index contributed by atoms with van der Waals surface area (Å²) in [6.45, 7) is 4.97. The average molecular weight is 227 g/mol. The molecule has 1 N–H and O–H groups in total. The molecule has 0 radical (unpaired) electrons. The highest BCUT2D eigenvalue weighted by Gasteiger charge is 1.99. The molecule has 1 aromatic carbocycles. The van der Waals surface area contributed by atoms with E-state index in [1.54, 1.807) is 12.4 Å². The second kappa shape index (κ2) is 5.43. The Balaban J connectivity index is 2.02. The third kappa shape index (κ3) is 3.03. The summed E-state index contributed by atoms with van der Waals surface area (Å²) in [5.41, 5.74) is 3.84. The normalized spacial score (nSPS) is 10.2. The molecule has 3 heteroatoms. The lowest BCUT2D eigenvalue weighted by molar-refractivity contribution is 0.947. The van der Waals surface area contributed by atoms with Crippen molar-refractivity contribution in [2.75, 3.05) is 5.32 Å². The van der Waals surface area contributed by atoms with Crippen molar-refractivity contribution in [3.05, 3.63) is 53.6 Å². The molecule has 0 saturated carbocycles. The maximum absolute atomic E-state index is 4.18. The third-order valence-electron chi connectivity index (χ3n) is 2.79. The number of aryl methyl sites for hydroxylation is 2. The topological polar surface area (TPSA) is 37.8 Å². The highest BCUT2D eigenvalue weighted by atomic mass is 15.0. The Morgan fingerprint density at radius 3 is 2.59 bits per heavy atom. The SMILES string of the molecule is CCc1ccc(NCc2ncccn2)cc1C. The van der Waals surface area contributed by atoms with Crippen molar-refractivity contribution in [3.63, 3.8) is 0 Å². The zero-order valence-electron chi connectivity index (χ0n) is 10.3.